The van der Waals surface area contributed by atoms with Gasteiger partial charge in [0.25, 0.3) is 0 Å². The Morgan fingerprint density at radius 3 is 2.39 bits per heavy atom. The molecule has 7 nitrogen and oxygen atoms in total. The normalized spacial score (nSPS) is 20.9. The molecule has 41 heavy (non-hydrogen) atoms. The predicted molar refractivity (Wildman–Crippen MR) is 167 cm³/mol. The molecule has 1 fully saturated rings. The maximum absolute atomic E-state index is 13.8. The van der Waals surface area contributed by atoms with E-state index < -0.39 is 32.5 Å². The molecule has 1 aromatic rings. The van der Waals surface area contributed by atoms with Crippen molar-refractivity contribution in [3.63, 3.8) is 0 Å². The number of amides is 2. The van der Waals surface area contributed by atoms with Gasteiger partial charge in [0.15, 0.2) is 8.32 Å². The number of imide groups is 1. The number of aliphatic hydroxyl groups excluding tert-OH is 1. The number of allylic oxidation sites excluding steroid dienone is 2. The van der Waals surface area contributed by atoms with Crippen LogP contribution >= 0.6 is 0 Å². The number of rotatable bonds is 15. The largest absolute Gasteiger partial charge is 0.447 e. The minimum absolute atomic E-state index is 0.0285. The van der Waals surface area contributed by atoms with E-state index in [1.165, 1.54) is 4.90 Å². The summed E-state index contributed by atoms with van der Waals surface area (Å²) in [5.74, 6) is -0.917. The van der Waals surface area contributed by atoms with Gasteiger partial charge in [0, 0.05) is 13.0 Å². The quantitative estimate of drug-likeness (QED) is 0.175. The van der Waals surface area contributed by atoms with Crippen LogP contribution in [0.15, 0.2) is 42.5 Å². The molecule has 232 valence electrons. The summed E-state index contributed by atoms with van der Waals surface area (Å²) < 4.78 is 18.3. The first-order valence-corrected chi connectivity index (χ1v) is 18.1. The number of nitrogens with zero attached hydrogens (tertiary/aromatic N) is 1. The molecule has 0 bridgehead atoms. The summed E-state index contributed by atoms with van der Waals surface area (Å²) in [5.41, 5.74) is 1.02. The highest BCUT2D eigenvalue weighted by Crippen LogP contribution is 2.40. The van der Waals surface area contributed by atoms with E-state index in [4.69, 9.17) is 13.9 Å². The number of hydrogen-bond acceptors (Lipinski definition) is 6. The molecule has 1 aliphatic rings. The zero-order valence-electron chi connectivity index (χ0n) is 27.1. The smallest absolute Gasteiger partial charge is 0.416 e. The molecule has 1 heterocycles. The topological polar surface area (TPSA) is 85.3 Å². The van der Waals surface area contributed by atoms with E-state index in [0.717, 1.165) is 12.0 Å². The summed E-state index contributed by atoms with van der Waals surface area (Å²) in [5, 5.41) is 11.6. The molecular formula is C33H55NO6Si. The first-order valence-electron chi connectivity index (χ1n) is 15.2. The summed E-state index contributed by atoms with van der Waals surface area (Å²) in [7, 11) is -0.496. The number of carbonyl (C=O) groups excluding carboxylic acids is 2. The van der Waals surface area contributed by atoms with Gasteiger partial charge in [-0.25, -0.2) is 9.69 Å². The van der Waals surface area contributed by atoms with Gasteiger partial charge in [-0.1, -0.05) is 84.0 Å². The second kappa shape index (κ2) is 15.5. The van der Waals surface area contributed by atoms with Crippen molar-refractivity contribution in [1.82, 2.24) is 4.90 Å². The molecule has 0 aliphatic carbocycles. The van der Waals surface area contributed by atoms with E-state index >= 15 is 0 Å². The van der Waals surface area contributed by atoms with Crippen molar-refractivity contribution in [1.29, 1.82) is 0 Å². The van der Waals surface area contributed by atoms with E-state index in [0.29, 0.717) is 12.8 Å². The average Bonchev–Trinajstić information content (AvgIpc) is 3.26. The Labute approximate surface area is 249 Å². The van der Waals surface area contributed by atoms with Crippen LogP contribution in [-0.2, 0) is 25.1 Å². The third kappa shape index (κ3) is 9.24. The lowest BCUT2D eigenvalue weighted by molar-refractivity contribution is -0.138. The summed E-state index contributed by atoms with van der Waals surface area (Å²) in [4.78, 5) is 27.8. The SMILES string of the molecule is C/C=C/C[C@H](C)[C@@H](OC)[C@@H](C)[C@@H](C[C@@H](O)[C@H](CC)C(=O)N1C(=O)OC[C@@H]1Cc1ccccc1)O[Si](C)(C)C(C)(C)C. The molecule has 1 N–H and O–H groups in total. The van der Waals surface area contributed by atoms with Crippen LogP contribution in [-0.4, -0.2) is 68.4 Å². The van der Waals surface area contributed by atoms with Crippen molar-refractivity contribution in [2.24, 2.45) is 17.8 Å². The van der Waals surface area contributed by atoms with Crippen LogP contribution in [0.5, 0.6) is 0 Å². The van der Waals surface area contributed by atoms with E-state index in [9.17, 15) is 14.7 Å². The van der Waals surface area contributed by atoms with Crippen LogP contribution in [0.4, 0.5) is 4.79 Å². The zero-order valence-corrected chi connectivity index (χ0v) is 28.1. The fourth-order valence-corrected chi connectivity index (χ4v) is 6.97. The van der Waals surface area contributed by atoms with Gasteiger partial charge in [0.05, 0.1) is 30.3 Å². The highest BCUT2D eigenvalue weighted by atomic mass is 28.4. The first kappa shape index (κ1) is 35.2. The average molecular weight is 590 g/mol. The predicted octanol–water partition coefficient (Wildman–Crippen LogP) is 7.00. The van der Waals surface area contributed by atoms with Crippen LogP contribution < -0.4 is 0 Å². The highest BCUT2D eigenvalue weighted by Gasteiger charge is 2.45. The second-order valence-electron chi connectivity index (χ2n) is 13.2. The molecule has 0 saturated carbocycles. The van der Waals surface area contributed by atoms with Crippen LogP contribution in [0.1, 0.15) is 73.3 Å². The van der Waals surface area contributed by atoms with Crippen molar-refractivity contribution >= 4 is 20.3 Å². The molecule has 0 unspecified atom stereocenters. The third-order valence-corrected chi connectivity index (χ3v) is 13.6. The molecule has 1 aromatic carbocycles. The Balaban J connectivity index is 2.32. The standard InChI is InChI=1S/C33H55NO6Si/c1-11-13-17-23(3)30(38-8)24(4)29(40-41(9,10)33(5,6)7)21-28(35)27(12-2)31(36)34-26(22-39-32(34)37)20-25-18-15-14-16-19-25/h11,13-16,18-19,23-24,26-30,35H,12,17,20-22H2,1-10H3/b13-11+/t23-,24-,26-,27-,28+,29+,30+/m0/s1. The van der Waals surface area contributed by atoms with E-state index in [2.05, 4.69) is 53.8 Å². The number of methoxy groups -OCH3 is 1. The van der Waals surface area contributed by atoms with Gasteiger partial charge < -0.3 is 19.0 Å². The molecule has 1 aliphatic heterocycles. The van der Waals surface area contributed by atoms with Gasteiger partial charge in [-0.15, -0.1) is 0 Å². The minimum atomic E-state index is -2.23. The van der Waals surface area contributed by atoms with Gasteiger partial charge in [-0.05, 0) is 62.2 Å². The summed E-state index contributed by atoms with van der Waals surface area (Å²) >= 11 is 0. The Morgan fingerprint density at radius 1 is 1.22 bits per heavy atom. The Kier molecular flexibility index (Phi) is 13.3. The highest BCUT2D eigenvalue weighted by molar-refractivity contribution is 6.74. The summed E-state index contributed by atoms with van der Waals surface area (Å²) in [6.07, 6.45) is 4.23. The molecule has 2 amide bonds. The van der Waals surface area contributed by atoms with Gasteiger partial charge in [0.2, 0.25) is 5.91 Å². The van der Waals surface area contributed by atoms with Gasteiger partial charge in [-0.3, -0.25) is 4.79 Å². The summed E-state index contributed by atoms with van der Waals surface area (Å²) in [6.45, 7) is 19.4. The van der Waals surface area contributed by atoms with Crippen molar-refractivity contribution in [2.45, 2.75) is 117 Å². The molecule has 0 spiro atoms. The lowest BCUT2D eigenvalue weighted by Crippen LogP contribution is -2.51. The molecule has 7 atom stereocenters. The fourth-order valence-electron chi connectivity index (χ4n) is 5.55. The zero-order chi connectivity index (χ0) is 31.0. The Morgan fingerprint density at radius 2 is 1.85 bits per heavy atom. The van der Waals surface area contributed by atoms with Crippen molar-refractivity contribution in [3.05, 3.63) is 48.0 Å². The van der Waals surface area contributed by atoms with Crippen molar-refractivity contribution in [2.75, 3.05) is 13.7 Å². The molecule has 0 radical (unpaired) electrons. The lowest BCUT2D eigenvalue weighted by atomic mass is 9.83. The Bertz CT molecular complexity index is 991. The molecule has 8 heteroatoms. The van der Waals surface area contributed by atoms with E-state index in [-0.39, 0.29) is 48.0 Å². The van der Waals surface area contributed by atoms with E-state index in [1.807, 2.05) is 50.3 Å². The maximum atomic E-state index is 13.8. The monoisotopic (exact) mass is 589 g/mol. The van der Waals surface area contributed by atoms with Crippen LogP contribution in [0.25, 0.3) is 0 Å². The first-order chi connectivity index (χ1) is 19.2. The molecule has 2 rings (SSSR count). The fraction of sp³-hybridized carbons (Fsp3) is 0.697. The van der Waals surface area contributed by atoms with Gasteiger partial charge in [0.1, 0.15) is 6.61 Å². The number of benzene rings is 1. The maximum Gasteiger partial charge on any atom is 0.416 e. The molecule has 1 saturated heterocycles. The van der Waals surface area contributed by atoms with Gasteiger partial charge in [-0.2, -0.15) is 0 Å². The second-order valence-corrected chi connectivity index (χ2v) is 18.0. The Hall–Kier alpha value is -2.00. The third-order valence-electron chi connectivity index (χ3n) is 9.14. The number of ether oxygens (including phenoxy) is 2. The number of carbonyl (C=O) groups is 2. The molecular weight excluding hydrogens is 534 g/mol. The number of hydrogen-bond donors (Lipinski definition) is 1. The minimum Gasteiger partial charge on any atom is -0.447 e. The molecule has 0 aromatic heterocycles. The number of cyclic esters (lactones) is 1. The van der Waals surface area contributed by atoms with E-state index in [1.54, 1.807) is 7.11 Å². The lowest BCUT2D eigenvalue weighted by Gasteiger charge is -2.44. The van der Waals surface area contributed by atoms with Crippen molar-refractivity contribution in [3.8, 4) is 0 Å². The van der Waals surface area contributed by atoms with Gasteiger partial charge >= 0.3 is 6.09 Å². The summed E-state index contributed by atoms with van der Waals surface area (Å²) in [6, 6.07) is 9.37. The van der Waals surface area contributed by atoms with Crippen LogP contribution in [0, 0.1) is 17.8 Å². The van der Waals surface area contributed by atoms with Crippen LogP contribution in [0.2, 0.25) is 18.1 Å². The van der Waals surface area contributed by atoms with Crippen LogP contribution in [0.3, 0.4) is 0 Å². The number of aliphatic hydroxyl groups is 1. The van der Waals surface area contributed by atoms with Crippen molar-refractivity contribution < 1.29 is 28.6 Å².